The number of piperidine rings is 1. The number of carbonyl (C=O) groups is 2. The molecule has 7 heteroatoms. The van der Waals surface area contributed by atoms with Crippen molar-refractivity contribution < 1.29 is 14.3 Å². The molecule has 2 aliphatic heterocycles. The number of anilines is 2. The number of carbonyl (C=O) groups excluding carboxylic acids is 2. The summed E-state index contributed by atoms with van der Waals surface area (Å²) in [5.74, 6) is 0.370. The van der Waals surface area contributed by atoms with Gasteiger partial charge in [-0.2, -0.15) is 0 Å². The summed E-state index contributed by atoms with van der Waals surface area (Å²) in [4.78, 5) is 26.4. The molecule has 0 aliphatic carbocycles. The molecule has 0 atom stereocenters. The van der Waals surface area contributed by atoms with E-state index in [2.05, 4.69) is 15.5 Å². The molecule has 0 spiro atoms. The van der Waals surface area contributed by atoms with E-state index in [0.717, 1.165) is 51.0 Å². The van der Waals surface area contributed by atoms with E-state index in [9.17, 15) is 9.59 Å². The standard InChI is InChI=1S/C21H25N3O3S/c25-12-15-13-28-14-19(15)23-21(26)18-4-3-16(24-9-1-2-10-24)11-20(18)27-17-5-7-22-8-6-17/h3-4,11-14,17,22H,1-2,5-10H2,(H,23,26). The van der Waals surface area contributed by atoms with Gasteiger partial charge in [-0.25, -0.2) is 0 Å². The lowest BCUT2D eigenvalue weighted by molar-refractivity contribution is 0.101. The first-order valence-electron chi connectivity index (χ1n) is 9.83. The van der Waals surface area contributed by atoms with Crippen LogP contribution in [0.3, 0.4) is 0 Å². The molecular weight excluding hydrogens is 374 g/mol. The molecule has 0 bridgehead atoms. The number of hydrogen-bond donors (Lipinski definition) is 2. The highest BCUT2D eigenvalue weighted by Crippen LogP contribution is 2.31. The second kappa shape index (κ2) is 8.75. The van der Waals surface area contributed by atoms with Gasteiger partial charge in [0.2, 0.25) is 0 Å². The van der Waals surface area contributed by atoms with Crippen molar-refractivity contribution in [1.82, 2.24) is 5.32 Å². The zero-order chi connectivity index (χ0) is 19.3. The summed E-state index contributed by atoms with van der Waals surface area (Å²) < 4.78 is 6.29. The quantitative estimate of drug-likeness (QED) is 0.727. The topological polar surface area (TPSA) is 70.7 Å². The Bertz CT molecular complexity index is 839. The molecule has 148 valence electrons. The maximum atomic E-state index is 12.9. The van der Waals surface area contributed by atoms with Crippen LogP contribution >= 0.6 is 11.3 Å². The van der Waals surface area contributed by atoms with E-state index in [0.29, 0.717) is 22.6 Å². The Morgan fingerprint density at radius 2 is 2.00 bits per heavy atom. The van der Waals surface area contributed by atoms with E-state index in [1.54, 1.807) is 10.8 Å². The van der Waals surface area contributed by atoms with Crippen LogP contribution in [0.4, 0.5) is 11.4 Å². The van der Waals surface area contributed by atoms with Crippen LogP contribution in [0.25, 0.3) is 0 Å². The van der Waals surface area contributed by atoms with Gasteiger partial charge in [-0.3, -0.25) is 9.59 Å². The third-order valence-electron chi connectivity index (χ3n) is 5.33. The molecule has 0 radical (unpaired) electrons. The normalized spacial score (nSPS) is 17.5. The Balaban J connectivity index is 1.60. The zero-order valence-corrected chi connectivity index (χ0v) is 16.6. The van der Waals surface area contributed by atoms with Crippen molar-refractivity contribution in [2.24, 2.45) is 0 Å². The van der Waals surface area contributed by atoms with Crippen molar-refractivity contribution >= 4 is 34.9 Å². The van der Waals surface area contributed by atoms with Gasteiger partial charge >= 0.3 is 0 Å². The molecule has 2 fully saturated rings. The van der Waals surface area contributed by atoms with Crippen LogP contribution in [0.2, 0.25) is 0 Å². The second-order valence-electron chi connectivity index (χ2n) is 7.25. The van der Waals surface area contributed by atoms with Gasteiger partial charge in [0.05, 0.1) is 11.3 Å². The maximum absolute atomic E-state index is 12.9. The van der Waals surface area contributed by atoms with Crippen LogP contribution in [0.15, 0.2) is 29.0 Å². The van der Waals surface area contributed by atoms with E-state index in [4.69, 9.17) is 4.74 Å². The smallest absolute Gasteiger partial charge is 0.259 e. The number of thiophene rings is 1. The summed E-state index contributed by atoms with van der Waals surface area (Å²) in [7, 11) is 0. The molecule has 4 rings (SSSR count). The average Bonchev–Trinajstić information content (AvgIpc) is 3.40. The summed E-state index contributed by atoms with van der Waals surface area (Å²) in [5, 5.41) is 9.69. The van der Waals surface area contributed by atoms with Crippen LogP contribution in [-0.2, 0) is 0 Å². The van der Waals surface area contributed by atoms with Crippen LogP contribution in [0, 0.1) is 0 Å². The SMILES string of the molecule is O=Cc1cscc1NC(=O)c1ccc(N2CCCC2)cc1OC1CCNCC1. The lowest BCUT2D eigenvalue weighted by Gasteiger charge is -2.26. The summed E-state index contributed by atoms with van der Waals surface area (Å²) in [6.07, 6.45) is 5.10. The largest absolute Gasteiger partial charge is 0.489 e. The molecule has 0 unspecified atom stereocenters. The van der Waals surface area contributed by atoms with Gasteiger partial charge in [0.1, 0.15) is 11.9 Å². The second-order valence-corrected chi connectivity index (χ2v) is 8.00. The number of benzene rings is 1. The Morgan fingerprint density at radius 1 is 1.21 bits per heavy atom. The number of hydrogen-bond acceptors (Lipinski definition) is 6. The van der Waals surface area contributed by atoms with Gasteiger partial charge < -0.3 is 20.3 Å². The number of rotatable bonds is 6. The van der Waals surface area contributed by atoms with Crippen LogP contribution in [0.5, 0.6) is 5.75 Å². The van der Waals surface area contributed by atoms with Crippen LogP contribution in [0.1, 0.15) is 46.4 Å². The highest BCUT2D eigenvalue weighted by atomic mass is 32.1. The number of aldehydes is 1. The first kappa shape index (κ1) is 19.0. The highest BCUT2D eigenvalue weighted by molar-refractivity contribution is 7.08. The molecular formula is C21H25N3O3S. The van der Waals surface area contributed by atoms with Crippen molar-refractivity contribution in [3.8, 4) is 5.75 Å². The number of nitrogens with zero attached hydrogens (tertiary/aromatic N) is 1. The minimum Gasteiger partial charge on any atom is -0.489 e. The van der Waals surface area contributed by atoms with Gasteiger partial charge in [0.25, 0.3) is 5.91 Å². The Morgan fingerprint density at radius 3 is 2.75 bits per heavy atom. The maximum Gasteiger partial charge on any atom is 0.259 e. The molecule has 2 aliphatic rings. The minimum atomic E-state index is -0.251. The third kappa shape index (κ3) is 4.20. The first-order chi connectivity index (χ1) is 13.7. The average molecular weight is 400 g/mol. The molecule has 2 saturated heterocycles. The summed E-state index contributed by atoms with van der Waals surface area (Å²) in [6.45, 7) is 3.93. The van der Waals surface area contributed by atoms with Crippen molar-refractivity contribution in [3.63, 3.8) is 0 Å². The Kier molecular flexibility index (Phi) is 5.92. The molecule has 1 aromatic heterocycles. The van der Waals surface area contributed by atoms with E-state index >= 15 is 0 Å². The van der Waals surface area contributed by atoms with Gasteiger partial charge in [0, 0.05) is 41.2 Å². The number of nitrogens with one attached hydrogen (secondary N) is 2. The van der Waals surface area contributed by atoms with Gasteiger partial charge in [-0.1, -0.05) is 0 Å². The predicted octanol–water partition coefficient (Wildman–Crippen LogP) is 3.54. The van der Waals surface area contributed by atoms with Gasteiger partial charge in [-0.05, 0) is 50.9 Å². The van der Waals surface area contributed by atoms with E-state index in [-0.39, 0.29) is 12.0 Å². The van der Waals surface area contributed by atoms with Crippen LogP contribution in [-0.4, -0.2) is 44.5 Å². The zero-order valence-electron chi connectivity index (χ0n) is 15.8. The predicted molar refractivity (Wildman–Crippen MR) is 112 cm³/mol. The fourth-order valence-corrected chi connectivity index (χ4v) is 4.48. The minimum absolute atomic E-state index is 0.105. The molecule has 0 saturated carbocycles. The van der Waals surface area contributed by atoms with Crippen LogP contribution < -0.4 is 20.3 Å². The molecule has 28 heavy (non-hydrogen) atoms. The first-order valence-corrected chi connectivity index (χ1v) is 10.8. The highest BCUT2D eigenvalue weighted by Gasteiger charge is 2.22. The summed E-state index contributed by atoms with van der Waals surface area (Å²) >= 11 is 1.39. The third-order valence-corrected chi connectivity index (χ3v) is 6.09. The molecule has 1 aromatic carbocycles. The van der Waals surface area contributed by atoms with Crippen molar-refractivity contribution in [3.05, 3.63) is 40.1 Å². The fraction of sp³-hybridized carbons (Fsp3) is 0.429. The lowest BCUT2D eigenvalue weighted by atomic mass is 10.1. The number of amides is 1. The molecule has 2 N–H and O–H groups in total. The summed E-state index contributed by atoms with van der Waals surface area (Å²) in [6, 6.07) is 5.83. The van der Waals surface area contributed by atoms with E-state index in [1.807, 2.05) is 18.2 Å². The Hall–Kier alpha value is -2.38. The molecule has 6 nitrogen and oxygen atoms in total. The lowest BCUT2D eigenvalue weighted by Crippen LogP contribution is -2.34. The molecule has 3 heterocycles. The van der Waals surface area contributed by atoms with Gasteiger partial charge in [-0.15, -0.1) is 11.3 Å². The van der Waals surface area contributed by atoms with Crippen molar-refractivity contribution in [2.75, 3.05) is 36.4 Å². The fourth-order valence-electron chi connectivity index (χ4n) is 3.75. The Labute approximate surface area is 168 Å². The number of ether oxygens (including phenoxy) is 1. The van der Waals surface area contributed by atoms with E-state index in [1.165, 1.54) is 24.2 Å². The molecule has 1 amide bonds. The van der Waals surface area contributed by atoms with Gasteiger partial charge in [0.15, 0.2) is 6.29 Å². The van der Waals surface area contributed by atoms with Crippen molar-refractivity contribution in [1.29, 1.82) is 0 Å². The summed E-state index contributed by atoms with van der Waals surface area (Å²) in [5.41, 5.74) is 2.64. The molecule has 2 aromatic rings. The van der Waals surface area contributed by atoms with Crippen molar-refractivity contribution in [2.45, 2.75) is 31.8 Å². The van der Waals surface area contributed by atoms with E-state index < -0.39 is 0 Å². The monoisotopic (exact) mass is 399 g/mol.